The maximum Gasteiger partial charge on any atom is 0.146 e. The highest BCUT2D eigenvalue weighted by Gasteiger charge is 2.20. The lowest BCUT2D eigenvalue weighted by Crippen LogP contribution is -2.33. The van der Waals surface area contributed by atoms with Gasteiger partial charge in [0.05, 0.1) is 5.69 Å². The normalized spacial score (nSPS) is 16.4. The Morgan fingerprint density at radius 1 is 1.37 bits per heavy atom. The van der Waals surface area contributed by atoms with Crippen molar-refractivity contribution >= 4 is 5.69 Å². The van der Waals surface area contributed by atoms with Crippen LogP contribution in [0.4, 0.5) is 10.1 Å². The van der Waals surface area contributed by atoms with Crippen LogP contribution in [0.25, 0.3) is 0 Å². The molecule has 0 spiro atoms. The smallest absolute Gasteiger partial charge is 0.146 e. The van der Waals surface area contributed by atoms with Crippen LogP contribution in [0, 0.1) is 5.82 Å². The van der Waals surface area contributed by atoms with Gasteiger partial charge in [0.1, 0.15) is 5.82 Å². The molecule has 1 aliphatic carbocycles. The minimum absolute atomic E-state index is 0.0998. The molecule has 19 heavy (non-hydrogen) atoms. The second kappa shape index (κ2) is 6.38. The summed E-state index contributed by atoms with van der Waals surface area (Å²) < 4.78 is 14.3. The lowest BCUT2D eigenvalue weighted by Gasteiger charge is -2.30. The zero-order chi connectivity index (χ0) is 13.8. The maximum atomic E-state index is 14.3. The van der Waals surface area contributed by atoms with Gasteiger partial charge in [-0.3, -0.25) is 0 Å². The van der Waals surface area contributed by atoms with Crippen molar-refractivity contribution in [1.82, 2.24) is 5.32 Å². The van der Waals surface area contributed by atoms with E-state index in [4.69, 9.17) is 0 Å². The molecule has 1 N–H and O–H groups in total. The summed E-state index contributed by atoms with van der Waals surface area (Å²) in [7, 11) is 0. The van der Waals surface area contributed by atoms with Crippen LogP contribution in [0.1, 0.15) is 45.6 Å². The third kappa shape index (κ3) is 3.69. The molecule has 1 fully saturated rings. The van der Waals surface area contributed by atoms with Gasteiger partial charge in [0, 0.05) is 25.2 Å². The van der Waals surface area contributed by atoms with Gasteiger partial charge < -0.3 is 10.2 Å². The van der Waals surface area contributed by atoms with E-state index in [2.05, 4.69) is 31.0 Å². The molecular formula is C16H25FN2. The second-order valence-electron chi connectivity index (χ2n) is 5.48. The van der Waals surface area contributed by atoms with E-state index < -0.39 is 0 Å². The number of hydrogen-bond donors (Lipinski definition) is 1. The summed E-state index contributed by atoms with van der Waals surface area (Å²) in [5.74, 6) is -0.0998. The zero-order valence-electron chi connectivity index (χ0n) is 12.2. The van der Waals surface area contributed by atoms with Gasteiger partial charge in [-0.05, 0) is 50.8 Å². The molecule has 1 aromatic carbocycles. The third-order valence-corrected chi connectivity index (χ3v) is 3.96. The van der Waals surface area contributed by atoms with Crippen LogP contribution in [0.5, 0.6) is 0 Å². The number of halogens is 1. The van der Waals surface area contributed by atoms with Crippen molar-refractivity contribution in [3.63, 3.8) is 0 Å². The summed E-state index contributed by atoms with van der Waals surface area (Å²) in [6, 6.07) is 6.67. The highest BCUT2D eigenvalue weighted by atomic mass is 19.1. The Morgan fingerprint density at radius 3 is 2.63 bits per heavy atom. The molecule has 1 saturated carbocycles. The topological polar surface area (TPSA) is 15.3 Å². The first-order valence-electron chi connectivity index (χ1n) is 7.44. The average molecular weight is 264 g/mol. The molecule has 0 bridgehead atoms. The van der Waals surface area contributed by atoms with Crippen molar-refractivity contribution in [2.24, 2.45) is 0 Å². The van der Waals surface area contributed by atoms with Crippen LogP contribution in [0.3, 0.4) is 0 Å². The largest absolute Gasteiger partial charge is 0.367 e. The first-order chi connectivity index (χ1) is 9.15. The zero-order valence-corrected chi connectivity index (χ0v) is 12.2. The van der Waals surface area contributed by atoms with Gasteiger partial charge in [-0.15, -0.1) is 0 Å². The molecule has 0 aliphatic heterocycles. The minimum Gasteiger partial charge on any atom is -0.367 e. The molecule has 1 atom stereocenters. The van der Waals surface area contributed by atoms with Crippen molar-refractivity contribution < 1.29 is 4.39 Å². The first kappa shape index (κ1) is 14.3. The minimum atomic E-state index is -0.0998. The Bertz CT molecular complexity index is 415. The Balaban J connectivity index is 2.07. The van der Waals surface area contributed by atoms with Gasteiger partial charge in [0.15, 0.2) is 0 Å². The molecule has 2 rings (SSSR count). The average Bonchev–Trinajstić information content (AvgIpc) is 3.23. The number of anilines is 1. The van der Waals surface area contributed by atoms with E-state index in [0.29, 0.717) is 12.1 Å². The lowest BCUT2D eigenvalue weighted by molar-refractivity contribution is 0.580. The van der Waals surface area contributed by atoms with Crippen LogP contribution in [-0.4, -0.2) is 18.6 Å². The molecule has 1 unspecified atom stereocenters. The van der Waals surface area contributed by atoms with E-state index in [1.54, 1.807) is 6.07 Å². The summed E-state index contributed by atoms with van der Waals surface area (Å²) in [6.45, 7) is 7.97. The van der Waals surface area contributed by atoms with Crippen molar-refractivity contribution in [2.45, 2.75) is 58.7 Å². The Hall–Kier alpha value is -1.09. The van der Waals surface area contributed by atoms with Crippen molar-refractivity contribution in [3.8, 4) is 0 Å². The lowest BCUT2D eigenvalue weighted by atomic mass is 10.1. The number of hydrogen-bond acceptors (Lipinski definition) is 2. The fraction of sp³-hybridized carbons (Fsp3) is 0.625. The van der Waals surface area contributed by atoms with Gasteiger partial charge in [-0.1, -0.05) is 13.0 Å². The number of benzene rings is 1. The molecule has 0 amide bonds. The van der Waals surface area contributed by atoms with Crippen LogP contribution in [0.2, 0.25) is 0 Å². The van der Waals surface area contributed by atoms with E-state index in [1.165, 1.54) is 12.8 Å². The SMILES string of the molecule is CCC(C)N(CC)c1ccc(CNC2CC2)cc1F. The molecule has 1 aromatic rings. The van der Waals surface area contributed by atoms with Crippen LogP contribution >= 0.6 is 0 Å². The standard InChI is InChI=1S/C16H25FN2/c1-4-12(3)19(5-2)16-9-6-13(10-15(16)17)11-18-14-7-8-14/h6,9-10,12,14,18H,4-5,7-8,11H2,1-3H3. The first-order valence-corrected chi connectivity index (χ1v) is 7.44. The van der Waals surface area contributed by atoms with Gasteiger partial charge >= 0.3 is 0 Å². The van der Waals surface area contributed by atoms with Crippen LogP contribution < -0.4 is 10.2 Å². The highest BCUT2D eigenvalue weighted by Crippen LogP contribution is 2.24. The molecule has 106 valence electrons. The second-order valence-corrected chi connectivity index (χ2v) is 5.48. The van der Waals surface area contributed by atoms with Crippen molar-refractivity contribution in [3.05, 3.63) is 29.6 Å². The van der Waals surface area contributed by atoms with Crippen molar-refractivity contribution in [1.29, 1.82) is 0 Å². The van der Waals surface area contributed by atoms with E-state index in [1.807, 2.05) is 12.1 Å². The van der Waals surface area contributed by atoms with Gasteiger partial charge in [-0.2, -0.15) is 0 Å². The van der Waals surface area contributed by atoms with Gasteiger partial charge in [-0.25, -0.2) is 4.39 Å². The van der Waals surface area contributed by atoms with Gasteiger partial charge in [0.25, 0.3) is 0 Å². The molecule has 2 nitrogen and oxygen atoms in total. The number of nitrogens with one attached hydrogen (secondary N) is 1. The maximum absolute atomic E-state index is 14.3. The molecular weight excluding hydrogens is 239 g/mol. The number of rotatable bonds is 7. The molecule has 0 heterocycles. The Kier molecular flexibility index (Phi) is 4.81. The van der Waals surface area contributed by atoms with E-state index in [9.17, 15) is 4.39 Å². The summed E-state index contributed by atoms with van der Waals surface area (Å²) in [5, 5.41) is 3.42. The molecule has 0 radical (unpaired) electrons. The predicted molar refractivity (Wildman–Crippen MR) is 79.0 cm³/mol. The molecule has 1 aliphatic rings. The van der Waals surface area contributed by atoms with E-state index in [0.717, 1.165) is 30.8 Å². The predicted octanol–water partition coefficient (Wildman–Crippen LogP) is 3.70. The monoisotopic (exact) mass is 264 g/mol. The van der Waals surface area contributed by atoms with Crippen molar-refractivity contribution in [2.75, 3.05) is 11.4 Å². The highest BCUT2D eigenvalue weighted by molar-refractivity contribution is 5.50. The summed E-state index contributed by atoms with van der Waals surface area (Å²) in [5.41, 5.74) is 1.76. The van der Waals surface area contributed by atoms with Crippen LogP contribution in [-0.2, 0) is 6.54 Å². The molecule has 0 saturated heterocycles. The fourth-order valence-corrected chi connectivity index (χ4v) is 2.38. The Labute approximate surface area is 116 Å². The summed E-state index contributed by atoms with van der Waals surface area (Å²) in [6.07, 6.45) is 3.55. The van der Waals surface area contributed by atoms with E-state index in [-0.39, 0.29) is 5.82 Å². The quantitative estimate of drug-likeness (QED) is 0.807. The fourth-order valence-electron chi connectivity index (χ4n) is 2.38. The summed E-state index contributed by atoms with van der Waals surface area (Å²) >= 11 is 0. The third-order valence-electron chi connectivity index (χ3n) is 3.96. The summed E-state index contributed by atoms with van der Waals surface area (Å²) in [4.78, 5) is 2.13. The molecule has 3 heteroatoms. The van der Waals surface area contributed by atoms with Gasteiger partial charge in [0.2, 0.25) is 0 Å². The molecule has 0 aromatic heterocycles. The van der Waals surface area contributed by atoms with E-state index >= 15 is 0 Å². The number of nitrogens with zero attached hydrogens (tertiary/aromatic N) is 1. The Morgan fingerprint density at radius 2 is 2.11 bits per heavy atom. The van der Waals surface area contributed by atoms with Crippen LogP contribution in [0.15, 0.2) is 18.2 Å².